The van der Waals surface area contributed by atoms with Gasteiger partial charge in [0.15, 0.2) is 0 Å². The Morgan fingerprint density at radius 1 is 0.939 bits per heavy atom. The van der Waals surface area contributed by atoms with Crippen LogP contribution in [0.2, 0.25) is 0 Å². The molecule has 5 rings (SSSR count). The van der Waals surface area contributed by atoms with Crippen LogP contribution in [0.4, 0.5) is 4.39 Å². The molecule has 0 N–H and O–H groups in total. The number of piperazine rings is 1. The molecule has 0 spiro atoms. The Kier molecular flexibility index (Phi) is 5.86. The van der Waals surface area contributed by atoms with E-state index in [9.17, 15) is 9.18 Å². The van der Waals surface area contributed by atoms with Gasteiger partial charge >= 0.3 is 0 Å². The molecule has 0 radical (unpaired) electrons. The Morgan fingerprint density at radius 3 is 2.36 bits per heavy atom. The molecule has 1 amide bonds. The van der Waals surface area contributed by atoms with Crippen LogP contribution >= 0.6 is 11.3 Å². The molecular formula is C25H24FN5OS. The largest absolute Gasteiger partial charge is 0.336 e. The molecule has 1 fully saturated rings. The van der Waals surface area contributed by atoms with Gasteiger partial charge in [-0.2, -0.15) is 0 Å². The summed E-state index contributed by atoms with van der Waals surface area (Å²) in [6.07, 6.45) is 0. The van der Waals surface area contributed by atoms with Gasteiger partial charge in [0.25, 0.3) is 5.91 Å². The molecule has 1 aliphatic rings. The third-order valence-corrected chi connectivity index (χ3v) is 6.95. The highest BCUT2D eigenvalue weighted by Gasteiger charge is 2.23. The summed E-state index contributed by atoms with van der Waals surface area (Å²) in [5.41, 5.74) is 5.92. The van der Waals surface area contributed by atoms with Gasteiger partial charge in [0.2, 0.25) is 0 Å². The van der Waals surface area contributed by atoms with Crippen molar-refractivity contribution in [1.82, 2.24) is 24.8 Å². The fraction of sp³-hybridized carbons (Fsp3) is 0.280. The molecule has 3 heterocycles. The number of benzene rings is 2. The topological polar surface area (TPSA) is 62.2 Å². The maximum absolute atomic E-state index is 13.2. The number of amides is 1. The van der Waals surface area contributed by atoms with E-state index in [-0.39, 0.29) is 11.7 Å². The Labute approximate surface area is 195 Å². The monoisotopic (exact) mass is 461 g/mol. The van der Waals surface area contributed by atoms with E-state index in [1.54, 1.807) is 23.5 Å². The molecule has 0 bridgehead atoms. The fourth-order valence-electron chi connectivity index (χ4n) is 3.99. The third kappa shape index (κ3) is 4.62. The quantitative estimate of drug-likeness (QED) is 0.449. The molecule has 2 aromatic heterocycles. The number of aryl methyl sites for hydroxylation is 2. The first-order valence-electron chi connectivity index (χ1n) is 10.9. The molecular weight excluding hydrogens is 437 g/mol. The van der Waals surface area contributed by atoms with Crippen LogP contribution in [0.15, 0.2) is 47.8 Å². The van der Waals surface area contributed by atoms with Crippen molar-refractivity contribution >= 4 is 28.3 Å². The lowest BCUT2D eigenvalue weighted by Crippen LogP contribution is -2.48. The minimum absolute atomic E-state index is 0.0313. The highest BCUT2D eigenvalue weighted by Crippen LogP contribution is 2.25. The fourth-order valence-corrected chi connectivity index (χ4v) is 4.81. The molecule has 0 atom stereocenters. The number of nitrogens with zero attached hydrogens (tertiary/aromatic N) is 5. The standard InChI is InChI=1S/C25H24FN5OS/c1-16-17(2)28-23-13-19(5-8-22(23)27-16)25(32)31-11-9-30(10-12-31)14-21-15-33-24(29-21)18-3-6-20(26)7-4-18/h3-8,13,15H,9-12,14H2,1-2H3. The number of thiazole rings is 1. The highest BCUT2D eigenvalue weighted by molar-refractivity contribution is 7.13. The first-order chi connectivity index (χ1) is 16.0. The van der Waals surface area contributed by atoms with Gasteiger partial charge in [0.05, 0.1) is 28.1 Å². The molecule has 6 nitrogen and oxygen atoms in total. The van der Waals surface area contributed by atoms with Crippen LogP contribution in [0.25, 0.3) is 21.6 Å². The summed E-state index contributed by atoms with van der Waals surface area (Å²) in [6.45, 7) is 7.54. The van der Waals surface area contributed by atoms with Crippen LogP contribution in [-0.4, -0.2) is 56.8 Å². The SMILES string of the molecule is Cc1nc2ccc(C(=O)N3CCN(Cc4csc(-c5ccc(F)cc5)n4)CC3)cc2nc1C. The summed E-state index contributed by atoms with van der Waals surface area (Å²) in [7, 11) is 0. The van der Waals surface area contributed by atoms with Crippen molar-refractivity contribution in [3.63, 3.8) is 0 Å². The van der Waals surface area contributed by atoms with Crippen molar-refractivity contribution in [3.8, 4) is 10.6 Å². The predicted molar refractivity (Wildman–Crippen MR) is 128 cm³/mol. The van der Waals surface area contributed by atoms with Gasteiger partial charge in [0, 0.05) is 49.2 Å². The zero-order chi connectivity index (χ0) is 22.9. The van der Waals surface area contributed by atoms with Gasteiger partial charge in [-0.25, -0.2) is 19.3 Å². The molecule has 4 aromatic rings. The summed E-state index contributed by atoms with van der Waals surface area (Å²) in [5, 5.41) is 2.94. The average molecular weight is 462 g/mol. The average Bonchev–Trinajstić information content (AvgIpc) is 3.28. The molecule has 2 aromatic carbocycles. The Hall–Kier alpha value is -3.23. The van der Waals surface area contributed by atoms with Gasteiger partial charge in [-0.05, 0) is 56.3 Å². The predicted octanol–water partition coefficient (Wildman–Crippen LogP) is 4.47. The number of fused-ring (bicyclic) bond motifs is 1. The first kappa shape index (κ1) is 21.6. The highest BCUT2D eigenvalue weighted by atomic mass is 32.1. The lowest BCUT2D eigenvalue weighted by Gasteiger charge is -2.34. The number of hydrogen-bond acceptors (Lipinski definition) is 6. The molecule has 33 heavy (non-hydrogen) atoms. The van der Waals surface area contributed by atoms with Gasteiger partial charge in [0.1, 0.15) is 10.8 Å². The zero-order valence-electron chi connectivity index (χ0n) is 18.6. The van der Waals surface area contributed by atoms with Crippen molar-refractivity contribution in [3.05, 3.63) is 76.3 Å². The van der Waals surface area contributed by atoms with Gasteiger partial charge in [-0.15, -0.1) is 11.3 Å². The van der Waals surface area contributed by atoms with Crippen LogP contribution in [0.1, 0.15) is 27.4 Å². The van der Waals surface area contributed by atoms with Crippen LogP contribution in [-0.2, 0) is 6.54 Å². The van der Waals surface area contributed by atoms with Crippen LogP contribution < -0.4 is 0 Å². The molecule has 1 saturated heterocycles. The number of aromatic nitrogens is 3. The minimum atomic E-state index is -0.246. The summed E-state index contributed by atoms with van der Waals surface area (Å²) in [5.74, 6) is -0.214. The molecule has 0 unspecified atom stereocenters. The Morgan fingerprint density at radius 2 is 1.64 bits per heavy atom. The lowest BCUT2D eigenvalue weighted by atomic mass is 10.1. The van der Waals surface area contributed by atoms with E-state index in [2.05, 4.69) is 20.2 Å². The van der Waals surface area contributed by atoms with Crippen LogP contribution in [0, 0.1) is 19.7 Å². The molecule has 1 aliphatic heterocycles. The first-order valence-corrected chi connectivity index (χ1v) is 11.8. The lowest BCUT2D eigenvalue weighted by molar-refractivity contribution is 0.0627. The second-order valence-corrected chi connectivity index (χ2v) is 9.18. The van der Waals surface area contributed by atoms with E-state index in [1.807, 2.05) is 36.9 Å². The number of carbonyl (C=O) groups excluding carboxylic acids is 1. The van der Waals surface area contributed by atoms with E-state index < -0.39 is 0 Å². The molecule has 168 valence electrons. The van der Waals surface area contributed by atoms with Crippen molar-refractivity contribution < 1.29 is 9.18 Å². The Balaban J connectivity index is 1.20. The summed E-state index contributed by atoms with van der Waals surface area (Å²) in [4.78, 5) is 31.1. The molecule has 8 heteroatoms. The zero-order valence-corrected chi connectivity index (χ0v) is 19.4. The molecule has 0 aliphatic carbocycles. The van der Waals surface area contributed by atoms with E-state index in [1.165, 1.54) is 12.1 Å². The summed E-state index contributed by atoms with van der Waals surface area (Å²) < 4.78 is 13.2. The van der Waals surface area contributed by atoms with Gasteiger partial charge in [-0.3, -0.25) is 9.69 Å². The van der Waals surface area contributed by atoms with Crippen molar-refractivity contribution in [2.75, 3.05) is 26.2 Å². The van der Waals surface area contributed by atoms with E-state index >= 15 is 0 Å². The van der Waals surface area contributed by atoms with Gasteiger partial charge < -0.3 is 4.90 Å². The van der Waals surface area contributed by atoms with Crippen LogP contribution in [0.5, 0.6) is 0 Å². The Bertz CT molecular complexity index is 1310. The second-order valence-electron chi connectivity index (χ2n) is 8.32. The smallest absolute Gasteiger partial charge is 0.254 e. The van der Waals surface area contributed by atoms with Crippen molar-refractivity contribution in [2.45, 2.75) is 20.4 Å². The van der Waals surface area contributed by atoms with Crippen molar-refractivity contribution in [2.24, 2.45) is 0 Å². The molecule has 0 saturated carbocycles. The van der Waals surface area contributed by atoms with Gasteiger partial charge in [-0.1, -0.05) is 0 Å². The summed E-state index contributed by atoms with van der Waals surface area (Å²) >= 11 is 1.57. The van der Waals surface area contributed by atoms with E-state index in [0.29, 0.717) is 18.7 Å². The maximum Gasteiger partial charge on any atom is 0.254 e. The van der Waals surface area contributed by atoms with Crippen molar-refractivity contribution in [1.29, 1.82) is 0 Å². The second kappa shape index (κ2) is 8.96. The summed E-state index contributed by atoms with van der Waals surface area (Å²) in [6, 6.07) is 12.0. The minimum Gasteiger partial charge on any atom is -0.336 e. The van der Waals surface area contributed by atoms with E-state index in [0.717, 1.165) is 58.3 Å². The number of carbonyl (C=O) groups is 1. The normalized spacial score (nSPS) is 14.7. The number of rotatable bonds is 4. The number of halogens is 1. The third-order valence-electron chi connectivity index (χ3n) is 6.01. The van der Waals surface area contributed by atoms with Crippen LogP contribution in [0.3, 0.4) is 0 Å². The number of hydrogen-bond donors (Lipinski definition) is 0. The van der Waals surface area contributed by atoms with E-state index in [4.69, 9.17) is 4.98 Å². The maximum atomic E-state index is 13.2.